The van der Waals surface area contributed by atoms with Gasteiger partial charge in [-0.1, -0.05) is 30.3 Å². The molecule has 10 heteroatoms. The zero-order valence-electron chi connectivity index (χ0n) is 22.8. The summed E-state index contributed by atoms with van der Waals surface area (Å²) < 4.78 is 23.4. The highest BCUT2D eigenvalue weighted by Crippen LogP contribution is 2.31. The van der Waals surface area contributed by atoms with Gasteiger partial charge in [-0.25, -0.2) is 14.8 Å². The molecule has 1 aromatic heterocycles. The van der Waals surface area contributed by atoms with E-state index in [4.69, 9.17) is 18.9 Å². The Hall–Kier alpha value is -4.67. The Morgan fingerprint density at radius 2 is 1.61 bits per heavy atom. The van der Waals surface area contributed by atoms with Crippen LogP contribution in [-0.4, -0.2) is 67.7 Å². The lowest BCUT2D eigenvalue weighted by Gasteiger charge is -2.18. The highest BCUT2D eigenvalue weighted by Gasteiger charge is 2.49. The highest BCUT2D eigenvalue weighted by atomic mass is 16.6. The Labute approximate surface area is 238 Å². The number of carbonyl (C=O) groups excluding carboxylic acids is 1. The normalized spacial score (nSPS) is 21.1. The fourth-order valence-electron chi connectivity index (χ4n) is 4.89. The molecule has 2 fully saturated rings. The molecule has 0 radical (unpaired) electrons. The van der Waals surface area contributed by atoms with Crippen molar-refractivity contribution in [2.75, 3.05) is 42.8 Å². The van der Waals surface area contributed by atoms with E-state index in [0.29, 0.717) is 24.0 Å². The summed E-state index contributed by atoms with van der Waals surface area (Å²) in [6.45, 7) is 0.620. The van der Waals surface area contributed by atoms with Gasteiger partial charge in [-0.3, -0.25) is 5.32 Å². The standard InChI is InChI=1S/C31H31N5O5/c1-36(2)22-12-8-20(9-13-22)25-16-17-32-30(34-25)35-26-18-38-29-27(19-39-28(26)29)41-31(37)33-21-10-14-24(15-11-21)40-23-6-4-3-5-7-23/h3-17,26-29H,18-19H2,1-2H3,(H,33,37)(H,32,34,35)/t26-,27+,28+,29+/m0/s1. The Bertz CT molecular complexity index is 1470. The summed E-state index contributed by atoms with van der Waals surface area (Å²) >= 11 is 0. The van der Waals surface area contributed by atoms with Crippen molar-refractivity contribution in [3.8, 4) is 22.8 Å². The second-order valence-electron chi connectivity index (χ2n) is 10.1. The molecule has 6 rings (SSSR count). The third-order valence-electron chi connectivity index (χ3n) is 7.00. The summed E-state index contributed by atoms with van der Waals surface area (Å²) in [6.07, 6.45) is -0.0676. The van der Waals surface area contributed by atoms with Crippen molar-refractivity contribution in [3.63, 3.8) is 0 Å². The van der Waals surface area contributed by atoms with Crippen LogP contribution in [0.5, 0.6) is 11.5 Å². The van der Waals surface area contributed by atoms with Crippen LogP contribution in [0.3, 0.4) is 0 Å². The van der Waals surface area contributed by atoms with E-state index in [-0.39, 0.29) is 24.9 Å². The fraction of sp³-hybridized carbons (Fsp3) is 0.258. The first-order valence-electron chi connectivity index (χ1n) is 13.4. The van der Waals surface area contributed by atoms with Gasteiger partial charge in [0.1, 0.15) is 23.7 Å². The third kappa shape index (κ3) is 6.24. The van der Waals surface area contributed by atoms with Gasteiger partial charge in [-0.05, 0) is 54.6 Å². The second-order valence-corrected chi connectivity index (χ2v) is 10.1. The van der Waals surface area contributed by atoms with E-state index in [2.05, 4.69) is 37.6 Å². The predicted octanol–water partition coefficient (Wildman–Crippen LogP) is 5.20. The molecule has 4 aromatic rings. The number of carbonyl (C=O) groups is 1. The molecule has 210 valence electrons. The van der Waals surface area contributed by atoms with Crippen LogP contribution < -0.4 is 20.3 Å². The molecule has 0 aliphatic carbocycles. The van der Waals surface area contributed by atoms with Crippen LogP contribution in [0, 0.1) is 0 Å². The van der Waals surface area contributed by atoms with Gasteiger partial charge in [0.05, 0.1) is 24.9 Å². The second kappa shape index (κ2) is 11.8. The molecule has 0 spiro atoms. The number of hydrogen-bond acceptors (Lipinski definition) is 9. The first-order chi connectivity index (χ1) is 20.0. The maximum absolute atomic E-state index is 12.6. The molecule has 0 saturated carbocycles. The summed E-state index contributed by atoms with van der Waals surface area (Å²) in [5, 5.41) is 6.10. The molecule has 1 amide bonds. The number of aromatic nitrogens is 2. The molecule has 0 bridgehead atoms. The van der Waals surface area contributed by atoms with E-state index in [9.17, 15) is 4.79 Å². The Morgan fingerprint density at radius 1 is 0.878 bits per heavy atom. The topological polar surface area (TPSA) is 107 Å². The lowest BCUT2D eigenvalue weighted by Crippen LogP contribution is -2.38. The van der Waals surface area contributed by atoms with Gasteiger partial charge in [0.25, 0.3) is 0 Å². The Kier molecular flexibility index (Phi) is 7.66. The van der Waals surface area contributed by atoms with E-state index in [1.54, 1.807) is 30.5 Å². The molecule has 2 aliphatic rings. The number of para-hydroxylation sites is 1. The minimum absolute atomic E-state index is 0.180. The van der Waals surface area contributed by atoms with Crippen LogP contribution in [0.1, 0.15) is 0 Å². The van der Waals surface area contributed by atoms with Crippen LogP contribution >= 0.6 is 0 Å². The summed E-state index contributed by atoms with van der Waals surface area (Å²) in [5.74, 6) is 1.89. The molecule has 3 heterocycles. The molecule has 0 unspecified atom stereocenters. The maximum Gasteiger partial charge on any atom is 0.412 e. The lowest BCUT2D eigenvalue weighted by atomic mass is 10.1. The molecule has 41 heavy (non-hydrogen) atoms. The van der Waals surface area contributed by atoms with Crippen molar-refractivity contribution in [2.45, 2.75) is 24.4 Å². The first kappa shape index (κ1) is 26.5. The number of hydrogen-bond donors (Lipinski definition) is 2. The number of nitrogens with zero attached hydrogens (tertiary/aromatic N) is 3. The largest absolute Gasteiger partial charge is 0.457 e. The minimum atomic E-state index is -0.577. The van der Waals surface area contributed by atoms with Crippen molar-refractivity contribution in [2.24, 2.45) is 0 Å². The van der Waals surface area contributed by atoms with E-state index < -0.39 is 12.2 Å². The number of ether oxygens (including phenoxy) is 4. The quantitative estimate of drug-likeness (QED) is 0.305. The van der Waals surface area contributed by atoms with Crippen molar-refractivity contribution in [1.82, 2.24) is 9.97 Å². The minimum Gasteiger partial charge on any atom is -0.457 e. The van der Waals surface area contributed by atoms with Gasteiger partial charge in [-0.15, -0.1) is 0 Å². The highest BCUT2D eigenvalue weighted by molar-refractivity contribution is 5.84. The van der Waals surface area contributed by atoms with E-state index >= 15 is 0 Å². The smallest absolute Gasteiger partial charge is 0.412 e. The van der Waals surface area contributed by atoms with Crippen molar-refractivity contribution in [1.29, 1.82) is 0 Å². The molecular formula is C31H31N5O5. The molecule has 3 aromatic carbocycles. The molecule has 2 saturated heterocycles. The Morgan fingerprint density at radius 3 is 2.37 bits per heavy atom. The van der Waals surface area contributed by atoms with Gasteiger partial charge in [0.15, 0.2) is 6.10 Å². The van der Waals surface area contributed by atoms with Crippen LogP contribution in [0.25, 0.3) is 11.3 Å². The predicted molar refractivity (Wildman–Crippen MR) is 156 cm³/mol. The summed E-state index contributed by atoms with van der Waals surface area (Å²) in [7, 11) is 4.01. The van der Waals surface area contributed by atoms with Gasteiger partial charge in [0.2, 0.25) is 5.95 Å². The van der Waals surface area contributed by atoms with Gasteiger partial charge < -0.3 is 29.2 Å². The number of amides is 1. The van der Waals surface area contributed by atoms with Gasteiger partial charge in [-0.2, -0.15) is 0 Å². The van der Waals surface area contributed by atoms with E-state index in [1.165, 1.54) is 0 Å². The van der Waals surface area contributed by atoms with Crippen LogP contribution in [0.2, 0.25) is 0 Å². The van der Waals surface area contributed by atoms with Crippen LogP contribution in [0.15, 0.2) is 91.1 Å². The average molecular weight is 554 g/mol. The number of fused-ring (bicyclic) bond motifs is 1. The Balaban J connectivity index is 1.02. The number of nitrogens with one attached hydrogen (secondary N) is 2. The SMILES string of the molecule is CN(C)c1ccc(-c2ccnc(N[C@H]3CO[C@H]4[C@@H]3OC[C@H]4OC(=O)Nc3ccc(Oc4ccccc4)cc3)n2)cc1. The lowest BCUT2D eigenvalue weighted by molar-refractivity contribution is 0.00917. The molecule has 10 nitrogen and oxygen atoms in total. The van der Waals surface area contributed by atoms with Gasteiger partial charge in [0, 0.05) is 37.2 Å². The number of anilines is 3. The number of rotatable bonds is 8. The zero-order chi connectivity index (χ0) is 28.2. The summed E-state index contributed by atoms with van der Waals surface area (Å²) in [6, 6.07) is 26.4. The van der Waals surface area contributed by atoms with Crippen LogP contribution in [-0.2, 0) is 14.2 Å². The molecule has 2 aliphatic heterocycles. The molecule has 2 N–H and O–H groups in total. The summed E-state index contributed by atoms with van der Waals surface area (Å²) in [4.78, 5) is 23.7. The fourth-order valence-corrected chi connectivity index (χ4v) is 4.89. The summed E-state index contributed by atoms with van der Waals surface area (Å²) in [5.41, 5.74) is 3.52. The maximum atomic E-state index is 12.6. The van der Waals surface area contributed by atoms with Crippen LogP contribution in [0.4, 0.5) is 22.1 Å². The molecular weight excluding hydrogens is 522 g/mol. The zero-order valence-corrected chi connectivity index (χ0v) is 22.8. The van der Waals surface area contributed by atoms with Crippen molar-refractivity contribution in [3.05, 3.63) is 91.1 Å². The average Bonchev–Trinajstić information content (AvgIpc) is 3.58. The number of benzene rings is 3. The van der Waals surface area contributed by atoms with Crippen molar-refractivity contribution >= 4 is 23.4 Å². The van der Waals surface area contributed by atoms with E-state index in [1.807, 2.05) is 62.6 Å². The van der Waals surface area contributed by atoms with Gasteiger partial charge >= 0.3 is 6.09 Å². The first-order valence-corrected chi connectivity index (χ1v) is 13.4. The van der Waals surface area contributed by atoms with E-state index in [0.717, 1.165) is 22.7 Å². The third-order valence-corrected chi connectivity index (χ3v) is 7.00. The monoisotopic (exact) mass is 553 g/mol. The van der Waals surface area contributed by atoms with Crippen molar-refractivity contribution < 1.29 is 23.7 Å². The molecule has 4 atom stereocenters.